The van der Waals surface area contributed by atoms with Gasteiger partial charge in [-0.05, 0) is 44.1 Å². The van der Waals surface area contributed by atoms with Crippen LogP contribution >= 0.6 is 0 Å². The average molecular weight is 222 g/mol. The molecule has 0 spiro atoms. The van der Waals surface area contributed by atoms with Gasteiger partial charge in [-0.2, -0.15) is 0 Å². The van der Waals surface area contributed by atoms with Crippen LogP contribution in [-0.4, -0.2) is 31.1 Å². The maximum Gasteiger partial charge on any atom is 0.123 e. The van der Waals surface area contributed by atoms with Gasteiger partial charge in [0, 0.05) is 19.1 Å². The topological polar surface area (TPSA) is 15.3 Å². The van der Waals surface area contributed by atoms with Crippen LogP contribution in [0, 0.1) is 5.82 Å². The molecule has 1 aromatic rings. The molecule has 0 radical (unpaired) electrons. The predicted octanol–water partition coefficient (Wildman–Crippen LogP) is 2.01. The Morgan fingerprint density at radius 3 is 3.06 bits per heavy atom. The molecule has 1 N–H and O–H groups in total. The molecule has 2 nitrogen and oxygen atoms in total. The van der Waals surface area contributed by atoms with Gasteiger partial charge in [0.25, 0.3) is 0 Å². The zero-order chi connectivity index (χ0) is 11.4. The van der Waals surface area contributed by atoms with Crippen LogP contribution in [0.3, 0.4) is 0 Å². The Hall–Kier alpha value is -0.930. The van der Waals surface area contributed by atoms with Crippen LogP contribution < -0.4 is 5.32 Å². The molecule has 2 rings (SSSR count). The molecule has 88 valence electrons. The maximum absolute atomic E-state index is 13.0. The van der Waals surface area contributed by atoms with Gasteiger partial charge < -0.3 is 5.32 Å². The molecular weight excluding hydrogens is 203 g/mol. The molecule has 1 aliphatic heterocycles. The van der Waals surface area contributed by atoms with Gasteiger partial charge in [0.15, 0.2) is 0 Å². The average Bonchev–Trinajstić information content (AvgIpc) is 2.30. The SMILES string of the molecule is CN(Cc1cccc(F)c1)C1CCCNC1. The summed E-state index contributed by atoms with van der Waals surface area (Å²) in [6.07, 6.45) is 2.47. The van der Waals surface area contributed by atoms with Gasteiger partial charge in [0.1, 0.15) is 5.82 Å². The zero-order valence-corrected chi connectivity index (χ0v) is 9.75. The molecule has 1 heterocycles. The van der Waals surface area contributed by atoms with Crippen molar-refractivity contribution in [1.82, 2.24) is 10.2 Å². The summed E-state index contributed by atoms with van der Waals surface area (Å²) in [5, 5.41) is 3.40. The predicted molar refractivity (Wildman–Crippen MR) is 63.8 cm³/mol. The number of hydrogen-bond acceptors (Lipinski definition) is 2. The van der Waals surface area contributed by atoms with Crippen LogP contribution in [0.2, 0.25) is 0 Å². The van der Waals surface area contributed by atoms with E-state index < -0.39 is 0 Å². The molecule has 3 heteroatoms. The van der Waals surface area contributed by atoms with E-state index in [2.05, 4.69) is 17.3 Å². The first kappa shape index (κ1) is 11.6. The number of likely N-dealkylation sites (N-methyl/N-ethyl adjacent to an activating group) is 1. The number of halogens is 1. The van der Waals surface area contributed by atoms with E-state index in [1.54, 1.807) is 12.1 Å². The van der Waals surface area contributed by atoms with Gasteiger partial charge >= 0.3 is 0 Å². The summed E-state index contributed by atoms with van der Waals surface area (Å²) >= 11 is 0. The fraction of sp³-hybridized carbons (Fsp3) is 0.538. The van der Waals surface area contributed by atoms with Crippen molar-refractivity contribution >= 4 is 0 Å². The van der Waals surface area contributed by atoms with E-state index in [1.165, 1.54) is 18.9 Å². The molecule has 0 bridgehead atoms. The van der Waals surface area contributed by atoms with E-state index in [9.17, 15) is 4.39 Å². The molecule has 16 heavy (non-hydrogen) atoms. The highest BCUT2D eigenvalue weighted by atomic mass is 19.1. The molecule has 0 amide bonds. The van der Waals surface area contributed by atoms with Crippen molar-refractivity contribution in [3.05, 3.63) is 35.6 Å². The molecule has 1 unspecified atom stereocenters. The third-order valence-electron chi connectivity index (χ3n) is 3.22. The summed E-state index contributed by atoms with van der Waals surface area (Å²) in [6.45, 7) is 3.00. The number of rotatable bonds is 3. The fourth-order valence-electron chi connectivity index (χ4n) is 2.26. The second-order valence-corrected chi connectivity index (χ2v) is 4.55. The Kier molecular flexibility index (Phi) is 3.91. The summed E-state index contributed by atoms with van der Waals surface area (Å²) in [4.78, 5) is 2.31. The maximum atomic E-state index is 13.0. The standard InChI is InChI=1S/C13H19FN2/c1-16(13-6-3-7-15-9-13)10-11-4-2-5-12(14)8-11/h2,4-5,8,13,15H,3,6-7,9-10H2,1H3. The first-order chi connectivity index (χ1) is 7.75. The monoisotopic (exact) mass is 222 g/mol. The van der Waals surface area contributed by atoms with Crippen LogP contribution in [0.4, 0.5) is 4.39 Å². The van der Waals surface area contributed by atoms with Crippen LogP contribution in [-0.2, 0) is 6.54 Å². The highest BCUT2D eigenvalue weighted by Crippen LogP contribution is 2.13. The van der Waals surface area contributed by atoms with Crippen LogP contribution in [0.5, 0.6) is 0 Å². The minimum Gasteiger partial charge on any atom is -0.315 e. The number of nitrogens with zero attached hydrogens (tertiary/aromatic N) is 1. The first-order valence-corrected chi connectivity index (χ1v) is 5.91. The lowest BCUT2D eigenvalue weighted by Crippen LogP contribution is -2.43. The molecule has 0 saturated carbocycles. The Morgan fingerprint density at radius 2 is 2.38 bits per heavy atom. The number of piperidine rings is 1. The van der Waals surface area contributed by atoms with Crippen molar-refractivity contribution in [2.45, 2.75) is 25.4 Å². The molecule has 1 atom stereocenters. The molecule has 0 aromatic heterocycles. The minimum absolute atomic E-state index is 0.146. The highest BCUT2D eigenvalue weighted by Gasteiger charge is 2.17. The molecular formula is C13H19FN2. The van der Waals surface area contributed by atoms with Gasteiger partial charge in [-0.3, -0.25) is 4.90 Å². The second kappa shape index (κ2) is 5.41. The number of benzene rings is 1. The van der Waals surface area contributed by atoms with Crippen LogP contribution in [0.15, 0.2) is 24.3 Å². The highest BCUT2D eigenvalue weighted by molar-refractivity contribution is 5.16. The van der Waals surface area contributed by atoms with Crippen LogP contribution in [0.25, 0.3) is 0 Å². The van der Waals surface area contributed by atoms with E-state index in [-0.39, 0.29) is 5.82 Å². The third-order valence-corrected chi connectivity index (χ3v) is 3.22. The van der Waals surface area contributed by atoms with Gasteiger partial charge in [-0.25, -0.2) is 4.39 Å². The smallest absolute Gasteiger partial charge is 0.123 e. The van der Waals surface area contributed by atoms with Crippen molar-refractivity contribution in [2.75, 3.05) is 20.1 Å². The van der Waals surface area contributed by atoms with E-state index in [0.29, 0.717) is 6.04 Å². The van der Waals surface area contributed by atoms with Crippen molar-refractivity contribution in [1.29, 1.82) is 0 Å². The summed E-state index contributed by atoms with van der Waals surface area (Å²) < 4.78 is 13.0. The Bertz CT molecular complexity index is 334. The van der Waals surface area contributed by atoms with Crippen molar-refractivity contribution in [3.63, 3.8) is 0 Å². The summed E-state index contributed by atoms with van der Waals surface area (Å²) in [5.41, 5.74) is 1.05. The first-order valence-electron chi connectivity index (χ1n) is 5.91. The lowest BCUT2D eigenvalue weighted by molar-refractivity contribution is 0.195. The molecule has 1 saturated heterocycles. The Labute approximate surface area is 96.5 Å². The quantitative estimate of drug-likeness (QED) is 0.841. The Morgan fingerprint density at radius 1 is 1.50 bits per heavy atom. The normalized spacial score (nSPS) is 21.3. The minimum atomic E-state index is -0.146. The number of hydrogen-bond donors (Lipinski definition) is 1. The molecule has 1 fully saturated rings. The molecule has 1 aliphatic rings. The largest absolute Gasteiger partial charge is 0.315 e. The molecule has 0 aliphatic carbocycles. The summed E-state index contributed by atoms with van der Waals surface area (Å²) in [7, 11) is 2.11. The summed E-state index contributed by atoms with van der Waals surface area (Å²) in [6, 6.07) is 7.45. The fourth-order valence-corrected chi connectivity index (χ4v) is 2.26. The third kappa shape index (κ3) is 3.03. The van der Waals surface area contributed by atoms with Gasteiger partial charge in [-0.1, -0.05) is 12.1 Å². The van der Waals surface area contributed by atoms with E-state index in [1.807, 2.05) is 6.07 Å². The van der Waals surface area contributed by atoms with Gasteiger partial charge in [0.05, 0.1) is 0 Å². The lowest BCUT2D eigenvalue weighted by Gasteiger charge is -2.31. The van der Waals surface area contributed by atoms with E-state index >= 15 is 0 Å². The van der Waals surface area contributed by atoms with E-state index in [0.717, 1.165) is 25.2 Å². The van der Waals surface area contributed by atoms with E-state index in [4.69, 9.17) is 0 Å². The number of nitrogens with one attached hydrogen (secondary N) is 1. The van der Waals surface area contributed by atoms with Crippen molar-refractivity contribution < 1.29 is 4.39 Å². The Balaban J connectivity index is 1.93. The van der Waals surface area contributed by atoms with Crippen molar-refractivity contribution in [3.8, 4) is 0 Å². The second-order valence-electron chi connectivity index (χ2n) is 4.55. The van der Waals surface area contributed by atoms with Crippen molar-refractivity contribution in [2.24, 2.45) is 0 Å². The van der Waals surface area contributed by atoms with Crippen LogP contribution in [0.1, 0.15) is 18.4 Å². The van der Waals surface area contributed by atoms with Gasteiger partial charge in [0.2, 0.25) is 0 Å². The lowest BCUT2D eigenvalue weighted by atomic mass is 10.1. The van der Waals surface area contributed by atoms with Gasteiger partial charge in [-0.15, -0.1) is 0 Å². The zero-order valence-electron chi connectivity index (χ0n) is 9.75. The molecule has 1 aromatic carbocycles. The summed E-state index contributed by atoms with van der Waals surface area (Å²) in [5.74, 6) is -0.146.